The first-order valence-corrected chi connectivity index (χ1v) is 7.14. The highest BCUT2D eigenvalue weighted by Gasteiger charge is 2.22. The highest BCUT2D eigenvalue weighted by molar-refractivity contribution is 5.21. The molecule has 1 aliphatic heterocycles. The summed E-state index contributed by atoms with van der Waals surface area (Å²) in [5.41, 5.74) is 2.69. The van der Waals surface area contributed by atoms with E-state index in [1.54, 1.807) is 0 Å². The first kappa shape index (κ1) is 14.0. The lowest BCUT2D eigenvalue weighted by Crippen LogP contribution is -2.49. The maximum Gasteiger partial charge on any atom is 0.0976 e. The van der Waals surface area contributed by atoms with Crippen molar-refractivity contribution in [3.05, 3.63) is 35.4 Å². The third kappa shape index (κ3) is 3.79. The topological polar surface area (TPSA) is 30.3 Å². The second-order valence-electron chi connectivity index (χ2n) is 5.35. The molecule has 1 saturated heterocycles. The minimum atomic E-state index is 0.0986. The fraction of sp³-hybridized carbons (Fsp3) is 0.562. The van der Waals surface area contributed by atoms with Gasteiger partial charge in [0, 0.05) is 32.7 Å². The van der Waals surface area contributed by atoms with Crippen LogP contribution in [0.3, 0.4) is 0 Å². The first-order chi connectivity index (χ1) is 9.22. The molecule has 0 radical (unpaired) electrons. The van der Waals surface area contributed by atoms with Gasteiger partial charge in [-0.15, -0.1) is 0 Å². The highest BCUT2D eigenvalue weighted by atomic mass is 15.3. The number of hydrogen-bond donors (Lipinski definition) is 0. The Morgan fingerprint density at radius 1 is 1.16 bits per heavy atom. The molecule has 1 fully saturated rings. The van der Waals surface area contributed by atoms with Gasteiger partial charge in [0.25, 0.3) is 0 Å². The molecule has 0 bridgehead atoms. The fourth-order valence-corrected chi connectivity index (χ4v) is 2.62. The second kappa shape index (κ2) is 6.70. The maximum absolute atomic E-state index is 9.10. The van der Waals surface area contributed by atoms with E-state index in [0.717, 1.165) is 39.1 Å². The number of piperazine rings is 1. The molecule has 1 heterocycles. The van der Waals surface area contributed by atoms with Gasteiger partial charge in [0.2, 0.25) is 0 Å². The van der Waals surface area contributed by atoms with Gasteiger partial charge in [-0.1, -0.05) is 36.8 Å². The first-order valence-electron chi connectivity index (χ1n) is 7.14. The van der Waals surface area contributed by atoms with E-state index < -0.39 is 0 Å². The predicted octanol–water partition coefficient (Wildman–Crippen LogP) is 2.41. The molecule has 0 aliphatic carbocycles. The van der Waals surface area contributed by atoms with E-state index in [1.807, 2.05) is 0 Å². The molecule has 102 valence electrons. The lowest BCUT2D eigenvalue weighted by Gasteiger charge is -2.36. The standard InChI is InChI=1S/C16H23N3/c1-3-16(12-17)19-10-8-18(9-11-19)13-15-6-4-14(2)5-7-15/h4-7,16H,3,8-11,13H2,1-2H3. The summed E-state index contributed by atoms with van der Waals surface area (Å²) >= 11 is 0. The molecule has 0 saturated carbocycles. The number of aryl methyl sites for hydroxylation is 1. The van der Waals surface area contributed by atoms with Gasteiger partial charge < -0.3 is 0 Å². The predicted molar refractivity (Wildman–Crippen MR) is 77.7 cm³/mol. The SMILES string of the molecule is CCC(C#N)N1CCN(Cc2ccc(C)cc2)CC1. The molecule has 1 atom stereocenters. The van der Waals surface area contributed by atoms with Crippen molar-refractivity contribution in [1.29, 1.82) is 5.26 Å². The van der Waals surface area contributed by atoms with Crippen molar-refractivity contribution in [3.63, 3.8) is 0 Å². The Hall–Kier alpha value is -1.37. The monoisotopic (exact) mass is 257 g/mol. The molecule has 3 heteroatoms. The molecule has 0 amide bonds. The zero-order valence-electron chi connectivity index (χ0n) is 12.0. The van der Waals surface area contributed by atoms with Gasteiger partial charge in [-0.3, -0.25) is 9.80 Å². The normalized spacial score (nSPS) is 19.0. The van der Waals surface area contributed by atoms with Crippen LogP contribution >= 0.6 is 0 Å². The number of rotatable bonds is 4. The van der Waals surface area contributed by atoms with Gasteiger partial charge >= 0.3 is 0 Å². The fourth-order valence-electron chi connectivity index (χ4n) is 2.62. The van der Waals surface area contributed by atoms with Crippen molar-refractivity contribution in [3.8, 4) is 6.07 Å². The lowest BCUT2D eigenvalue weighted by atomic mass is 10.1. The van der Waals surface area contributed by atoms with Crippen LogP contribution in [0.1, 0.15) is 24.5 Å². The number of hydrogen-bond acceptors (Lipinski definition) is 3. The van der Waals surface area contributed by atoms with E-state index in [2.05, 4.69) is 54.0 Å². The summed E-state index contributed by atoms with van der Waals surface area (Å²) in [6.07, 6.45) is 0.925. The smallest absolute Gasteiger partial charge is 0.0976 e. The van der Waals surface area contributed by atoms with E-state index in [-0.39, 0.29) is 6.04 Å². The summed E-state index contributed by atoms with van der Waals surface area (Å²) in [5, 5.41) is 9.10. The molecule has 2 rings (SSSR count). The number of nitriles is 1. The maximum atomic E-state index is 9.10. The molecule has 19 heavy (non-hydrogen) atoms. The van der Waals surface area contributed by atoms with Crippen molar-refractivity contribution >= 4 is 0 Å². The molecule has 1 aromatic carbocycles. The van der Waals surface area contributed by atoms with Crippen LogP contribution in [0.15, 0.2) is 24.3 Å². The average Bonchev–Trinajstić information content (AvgIpc) is 2.44. The molecule has 3 nitrogen and oxygen atoms in total. The van der Waals surface area contributed by atoms with Crippen molar-refractivity contribution in [2.75, 3.05) is 26.2 Å². The zero-order valence-corrected chi connectivity index (χ0v) is 12.0. The average molecular weight is 257 g/mol. The quantitative estimate of drug-likeness (QED) is 0.830. The molecular weight excluding hydrogens is 234 g/mol. The number of nitrogens with zero attached hydrogens (tertiary/aromatic N) is 3. The number of benzene rings is 1. The molecule has 1 unspecified atom stereocenters. The van der Waals surface area contributed by atoms with E-state index in [1.165, 1.54) is 11.1 Å². The summed E-state index contributed by atoms with van der Waals surface area (Å²) < 4.78 is 0. The van der Waals surface area contributed by atoms with Crippen LogP contribution < -0.4 is 0 Å². The van der Waals surface area contributed by atoms with Crippen LogP contribution in [0.2, 0.25) is 0 Å². The Balaban J connectivity index is 1.83. The van der Waals surface area contributed by atoms with Crippen LogP contribution in [-0.2, 0) is 6.54 Å². The second-order valence-corrected chi connectivity index (χ2v) is 5.35. The Morgan fingerprint density at radius 3 is 2.32 bits per heavy atom. The van der Waals surface area contributed by atoms with Gasteiger partial charge in [0.15, 0.2) is 0 Å². The summed E-state index contributed by atoms with van der Waals surface area (Å²) in [6.45, 7) is 9.38. The van der Waals surface area contributed by atoms with E-state index in [0.29, 0.717) is 0 Å². The Kier molecular flexibility index (Phi) is 4.95. The van der Waals surface area contributed by atoms with Crippen LogP contribution in [0.4, 0.5) is 0 Å². The summed E-state index contributed by atoms with van der Waals surface area (Å²) in [5.74, 6) is 0. The highest BCUT2D eigenvalue weighted by Crippen LogP contribution is 2.12. The zero-order chi connectivity index (χ0) is 13.7. The largest absolute Gasteiger partial charge is 0.297 e. The van der Waals surface area contributed by atoms with E-state index in [9.17, 15) is 0 Å². The third-order valence-corrected chi connectivity index (χ3v) is 3.91. The summed E-state index contributed by atoms with van der Waals surface area (Å²) in [6, 6.07) is 11.3. The van der Waals surface area contributed by atoms with Gasteiger partial charge in [0.05, 0.1) is 12.1 Å². The Labute approximate surface area is 116 Å². The van der Waals surface area contributed by atoms with Crippen molar-refractivity contribution in [1.82, 2.24) is 9.80 Å². The third-order valence-electron chi connectivity index (χ3n) is 3.91. The summed E-state index contributed by atoms with van der Waals surface area (Å²) in [7, 11) is 0. The molecule has 1 aliphatic rings. The minimum absolute atomic E-state index is 0.0986. The van der Waals surface area contributed by atoms with Gasteiger partial charge in [-0.2, -0.15) is 5.26 Å². The van der Waals surface area contributed by atoms with Crippen LogP contribution in [0.25, 0.3) is 0 Å². The molecular formula is C16H23N3. The molecule has 0 aromatic heterocycles. The van der Waals surface area contributed by atoms with Crippen molar-refractivity contribution in [2.24, 2.45) is 0 Å². The molecule has 1 aromatic rings. The van der Waals surface area contributed by atoms with Crippen molar-refractivity contribution in [2.45, 2.75) is 32.9 Å². The van der Waals surface area contributed by atoms with Crippen LogP contribution in [0, 0.1) is 18.3 Å². The van der Waals surface area contributed by atoms with E-state index >= 15 is 0 Å². The molecule has 0 spiro atoms. The molecule has 0 N–H and O–H groups in total. The minimum Gasteiger partial charge on any atom is -0.297 e. The Morgan fingerprint density at radius 2 is 1.79 bits per heavy atom. The van der Waals surface area contributed by atoms with E-state index in [4.69, 9.17) is 5.26 Å². The lowest BCUT2D eigenvalue weighted by molar-refractivity contribution is 0.108. The summed E-state index contributed by atoms with van der Waals surface area (Å²) in [4.78, 5) is 4.79. The van der Waals surface area contributed by atoms with Gasteiger partial charge in [-0.25, -0.2) is 0 Å². The van der Waals surface area contributed by atoms with Crippen LogP contribution in [0.5, 0.6) is 0 Å². The van der Waals surface area contributed by atoms with Gasteiger partial charge in [0.1, 0.15) is 0 Å². The Bertz CT molecular complexity index is 424. The van der Waals surface area contributed by atoms with Crippen LogP contribution in [-0.4, -0.2) is 42.0 Å². The van der Waals surface area contributed by atoms with Gasteiger partial charge in [-0.05, 0) is 18.9 Å². The van der Waals surface area contributed by atoms with Crippen molar-refractivity contribution < 1.29 is 0 Å².